The number of benzene rings is 1. The summed E-state index contributed by atoms with van der Waals surface area (Å²) in [6, 6.07) is 6.95. The summed E-state index contributed by atoms with van der Waals surface area (Å²) >= 11 is 6.43. The van der Waals surface area contributed by atoms with E-state index >= 15 is 0 Å². The normalized spacial score (nSPS) is 15.4. The average molecular weight is 472 g/mol. The van der Waals surface area contributed by atoms with E-state index in [1.807, 2.05) is 19.2 Å². The number of amides is 1. The summed E-state index contributed by atoms with van der Waals surface area (Å²) < 4.78 is 12.8. The van der Waals surface area contributed by atoms with Gasteiger partial charge in [0.25, 0.3) is 5.91 Å². The second-order valence-electron chi connectivity index (χ2n) is 8.76. The number of carbonyl (C=O) groups is 1. The topological polar surface area (TPSA) is 108 Å². The van der Waals surface area contributed by atoms with Crippen LogP contribution in [0.15, 0.2) is 35.0 Å². The first kappa shape index (κ1) is 23.3. The van der Waals surface area contributed by atoms with E-state index in [1.165, 1.54) is 32.1 Å². The summed E-state index contributed by atoms with van der Waals surface area (Å²) in [6.07, 6.45) is 8.97. The first-order valence-corrected chi connectivity index (χ1v) is 11.7. The molecule has 1 atom stereocenters. The van der Waals surface area contributed by atoms with E-state index in [0.717, 1.165) is 12.0 Å². The van der Waals surface area contributed by atoms with Crippen molar-refractivity contribution >= 4 is 23.2 Å². The number of nitrogens with one attached hydrogen (secondary N) is 1. The Balaban J connectivity index is 1.52. The summed E-state index contributed by atoms with van der Waals surface area (Å²) in [5.74, 6) is 1.52. The van der Waals surface area contributed by atoms with Crippen LogP contribution in [-0.2, 0) is 7.05 Å². The van der Waals surface area contributed by atoms with Crippen molar-refractivity contribution in [2.45, 2.75) is 51.5 Å². The Labute approximate surface area is 198 Å². The lowest BCUT2D eigenvalue weighted by molar-refractivity contribution is 0.101. The maximum Gasteiger partial charge on any atom is 0.277 e. The lowest BCUT2D eigenvalue weighted by Crippen LogP contribution is -2.31. The third-order valence-electron chi connectivity index (χ3n) is 6.06. The van der Waals surface area contributed by atoms with Gasteiger partial charge in [0.2, 0.25) is 0 Å². The molecule has 0 spiro atoms. The zero-order valence-corrected chi connectivity index (χ0v) is 19.8. The van der Waals surface area contributed by atoms with Crippen LogP contribution >= 0.6 is 11.6 Å². The van der Waals surface area contributed by atoms with Crippen molar-refractivity contribution in [2.75, 3.05) is 11.9 Å². The van der Waals surface area contributed by atoms with Crippen molar-refractivity contribution in [1.29, 1.82) is 0 Å². The minimum Gasteiger partial charge on any atom is -0.491 e. The number of halogens is 1. The minimum atomic E-state index is -0.364. The van der Waals surface area contributed by atoms with Crippen molar-refractivity contribution in [2.24, 2.45) is 18.7 Å². The van der Waals surface area contributed by atoms with Gasteiger partial charge in [0, 0.05) is 30.4 Å². The largest absolute Gasteiger partial charge is 0.491 e. The Morgan fingerprint density at radius 3 is 2.79 bits per heavy atom. The van der Waals surface area contributed by atoms with Crippen LogP contribution in [0.25, 0.3) is 11.3 Å². The molecular weight excluding hydrogens is 442 g/mol. The number of rotatable bonds is 8. The Kier molecular flexibility index (Phi) is 7.35. The highest BCUT2D eigenvalue weighted by atomic mass is 35.5. The van der Waals surface area contributed by atoms with Gasteiger partial charge in [0.05, 0.1) is 16.9 Å². The van der Waals surface area contributed by atoms with Gasteiger partial charge < -0.3 is 20.3 Å². The van der Waals surface area contributed by atoms with E-state index in [9.17, 15) is 4.79 Å². The standard InChI is InChI=1S/C24H30ClN5O3/c1-15-10-21(29-33-15)24(31)28-18-8-9-22(19(12-18)23-20(25)13-27-30(23)2)32-14-17(26)11-16-6-4-3-5-7-16/h8-10,12-13,16-17H,3-7,11,14,26H2,1-2H3,(H,28,31)/t17-/m0/s1. The fourth-order valence-corrected chi connectivity index (χ4v) is 4.68. The van der Waals surface area contributed by atoms with Crippen molar-refractivity contribution < 1.29 is 14.1 Å². The van der Waals surface area contributed by atoms with Gasteiger partial charge >= 0.3 is 0 Å². The second kappa shape index (κ2) is 10.4. The first-order chi connectivity index (χ1) is 15.9. The highest BCUT2D eigenvalue weighted by Gasteiger charge is 2.20. The molecule has 0 unspecified atom stereocenters. The molecule has 1 fully saturated rings. The second-order valence-corrected chi connectivity index (χ2v) is 9.17. The van der Waals surface area contributed by atoms with Crippen LogP contribution in [0.1, 0.15) is 54.8 Å². The third kappa shape index (κ3) is 5.75. The molecule has 1 saturated carbocycles. The maximum absolute atomic E-state index is 12.5. The van der Waals surface area contributed by atoms with Crippen LogP contribution in [0.4, 0.5) is 5.69 Å². The number of hydrogen-bond donors (Lipinski definition) is 2. The van der Waals surface area contributed by atoms with E-state index in [0.29, 0.717) is 40.4 Å². The molecule has 0 aliphatic heterocycles. The Morgan fingerprint density at radius 1 is 1.33 bits per heavy atom. The van der Waals surface area contributed by atoms with Gasteiger partial charge in [-0.25, -0.2) is 0 Å². The van der Waals surface area contributed by atoms with E-state index in [2.05, 4.69) is 15.6 Å². The Hall–Kier alpha value is -2.84. The van der Waals surface area contributed by atoms with Gasteiger partial charge in [0.15, 0.2) is 5.69 Å². The number of carbonyl (C=O) groups excluding carboxylic acids is 1. The highest BCUT2D eigenvalue weighted by molar-refractivity contribution is 6.33. The molecule has 176 valence electrons. The van der Waals surface area contributed by atoms with E-state index in [1.54, 1.807) is 29.9 Å². The van der Waals surface area contributed by atoms with Crippen molar-refractivity contribution in [1.82, 2.24) is 14.9 Å². The zero-order chi connectivity index (χ0) is 23.4. The predicted molar refractivity (Wildman–Crippen MR) is 128 cm³/mol. The number of nitrogens with two attached hydrogens (primary N) is 1. The molecule has 33 heavy (non-hydrogen) atoms. The first-order valence-electron chi connectivity index (χ1n) is 11.4. The van der Waals surface area contributed by atoms with Crippen LogP contribution in [0, 0.1) is 12.8 Å². The predicted octanol–water partition coefficient (Wildman–Crippen LogP) is 4.97. The molecule has 1 amide bonds. The number of aryl methyl sites for hydroxylation is 2. The SMILES string of the molecule is Cc1cc(C(=O)Nc2ccc(OC[C@@H](N)CC3CCCCC3)c(-c3c(Cl)cnn3C)c2)no1. The molecule has 2 aromatic heterocycles. The number of hydrogen-bond acceptors (Lipinski definition) is 6. The third-order valence-corrected chi connectivity index (χ3v) is 6.34. The molecule has 9 heteroatoms. The fourth-order valence-electron chi connectivity index (χ4n) is 4.42. The Morgan fingerprint density at radius 2 is 2.12 bits per heavy atom. The summed E-state index contributed by atoms with van der Waals surface area (Å²) in [6.45, 7) is 2.14. The van der Waals surface area contributed by atoms with Crippen LogP contribution in [0.3, 0.4) is 0 Å². The van der Waals surface area contributed by atoms with Gasteiger partial charge in [-0.15, -0.1) is 0 Å². The van der Waals surface area contributed by atoms with Crippen LogP contribution in [0.2, 0.25) is 5.02 Å². The number of anilines is 1. The van der Waals surface area contributed by atoms with E-state index in [4.69, 9.17) is 26.6 Å². The lowest BCUT2D eigenvalue weighted by Gasteiger charge is -2.25. The number of nitrogens with zero attached hydrogens (tertiary/aromatic N) is 3. The monoisotopic (exact) mass is 471 g/mol. The van der Waals surface area contributed by atoms with Gasteiger partial charge in [-0.05, 0) is 37.5 Å². The van der Waals surface area contributed by atoms with Gasteiger partial charge in [0.1, 0.15) is 18.1 Å². The maximum atomic E-state index is 12.5. The van der Waals surface area contributed by atoms with Crippen molar-refractivity contribution in [3.05, 3.63) is 46.9 Å². The van der Waals surface area contributed by atoms with Crippen molar-refractivity contribution in [3.8, 4) is 17.0 Å². The highest BCUT2D eigenvalue weighted by Crippen LogP contribution is 2.37. The molecule has 0 radical (unpaired) electrons. The van der Waals surface area contributed by atoms with Crippen LogP contribution in [-0.4, -0.2) is 33.5 Å². The zero-order valence-electron chi connectivity index (χ0n) is 19.0. The molecule has 3 N–H and O–H groups in total. The molecule has 1 aliphatic carbocycles. The fraction of sp³-hybridized carbons (Fsp3) is 0.458. The number of aromatic nitrogens is 3. The lowest BCUT2D eigenvalue weighted by atomic mass is 9.85. The van der Waals surface area contributed by atoms with Gasteiger partial charge in [-0.1, -0.05) is 48.9 Å². The van der Waals surface area contributed by atoms with Gasteiger partial charge in [-0.3, -0.25) is 9.48 Å². The summed E-state index contributed by atoms with van der Waals surface area (Å²) in [5.41, 5.74) is 8.60. The molecule has 0 saturated heterocycles. The van der Waals surface area contributed by atoms with Crippen LogP contribution in [0.5, 0.6) is 5.75 Å². The molecule has 2 heterocycles. The molecular formula is C24H30ClN5O3. The summed E-state index contributed by atoms with van der Waals surface area (Å²) in [4.78, 5) is 12.5. The molecule has 3 aromatic rings. The molecule has 8 nitrogen and oxygen atoms in total. The van der Waals surface area contributed by atoms with Crippen LogP contribution < -0.4 is 15.8 Å². The molecule has 1 aromatic carbocycles. The average Bonchev–Trinajstić information content (AvgIpc) is 3.38. The molecule has 4 rings (SSSR count). The molecule has 1 aliphatic rings. The van der Waals surface area contributed by atoms with Crippen molar-refractivity contribution in [3.63, 3.8) is 0 Å². The van der Waals surface area contributed by atoms with E-state index in [-0.39, 0.29) is 17.6 Å². The quantitative estimate of drug-likeness (QED) is 0.480. The Bertz CT molecular complexity index is 1080. The number of ether oxygens (including phenoxy) is 1. The smallest absolute Gasteiger partial charge is 0.277 e. The summed E-state index contributed by atoms with van der Waals surface area (Å²) in [7, 11) is 1.81. The molecule has 0 bridgehead atoms. The van der Waals surface area contributed by atoms with Gasteiger partial charge in [-0.2, -0.15) is 5.10 Å². The summed E-state index contributed by atoms with van der Waals surface area (Å²) in [5, 5.41) is 11.3. The minimum absolute atomic E-state index is 0.0438. The van der Waals surface area contributed by atoms with E-state index < -0.39 is 0 Å².